The van der Waals surface area contributed by atoms with Crippen molar-refractivity contribution < 1.29 is 13.2 Å². The fourth-order valence-corrected chi connectivity index (χ4v) is 1.74. The number of rotatable bonds is 4. The lowest BCUT2D eigenvalue weighted by molar-refractivity contribution is 0.415. The van der Waals surface area contributed by atoms with Crippen LogP contribution in [0.5, 0.6) is 5.75 Å². The first-order chi connectivity index (χ1) is 6.92. The Kier molecular flexibility index (Phi) is 3.96. The first-order valence-electron chi connectivity index (χ1n) is 4.19. The number of nitrogens with one attached hydrogen (secondary N) is 1. The zero-order valence-electron chi connectivity index (χ0n) is 8.45. The van der Waals surface area contributed by atoms with Gasteiger partial charge in [0.1, 0.15) is 5.75 Å². The molecule has 0 unspecified atom stereocenters. The van der Waals surface area contributed by atoms with Crippen molar-refractivity contribution in [2.24, 2.45) is 0 Å². The van der Waals surface area contributed by atoms with Crippen molar-refractivity contribution in [2.45, 2.75) is 6.54 Å². The van der Waals surface area contributed by atoms with Crippen molar-refractivity contribution in [3.8, 4) is 5.75 Å². The van der Waals surface area contributed by atoms with Crippen LogP contribution in [0, 0.1) is 0 Å². The predicted molar refractivity (Wildman–Crippen MR) is 59.7 cm³/mol. The summed E-state index contributed by atoms with van der Waals surface area (Å²) in [6.45, 7) is 0.225. The second-order valence-electron chi connectivity index (χ2n) is 3.06. The van der Waals surface area contributed by atoms with Gasteiger partial charge in [0.2, 0.25) is 10.0 Å². The van der Waals surface area contributed by atoms with Gasteiger partial charge < -0.3 is 4.74 Å². The zero-order valence-corrected chi connectivity index (χ0v) is 10.0. The molecule has 0 aliphatic heterocycles. The predicted octanol–water partition coefficient (Wildman–Crippen LogP) is 1.40. The summed E-state index contributed by atoms with van der Waals surface area (Å²) >= 11 is 5.88. The molecule has 0 aliphatic rings. The van der Waals surface area contributed by atoms with E-state index in [1.54, 1.807) is 18.2 Å². The van der Waals surface area contributed by atoms with Gasteiger partial charge in [0.15, 0.2) is 0 Å². The van der Waals surface area contributed by atoms with E-state index in [0.717, 1.165) is 11.8 Å². The van der Waals surface area contributed by atoms with Gasteiger partial charge in [-0.25, -0.2) is 13.1 Å². The molecule has 0 saturated heterocycles. The molecular weight excluding hydrogens is 238 g/mol. The van der Waals surface area contributed by atoms with E-state index in [1.807, 2.05) is 0 Å². The van der Waals surface area contributed by atoms with Gasteiger partial charge in [0.05, 0.1) is 18.4 Å². The summed E-state index contributed by atoms with van der Waals surface area (Å²) < 4.78 is 29.0. The first-order valence-corrected chi connectivity index (χ1v) is 6.46. The Labute approximate surface area is 94.3 Å². The molecule has 1 aromatic carbocycles. The number of benzene rings is 1. The molecule has 0 radical (unpaired) electrons. The molecule has 0 heterocycles. The molecule has 0 amide bonds. The minimum atomic E-state index is -3.18. The van der Waals surface area contributed by atoms with Crippen LogP contribution in [0.4, 0.5) is 0 Å². The highest BCUT2D eigenvalue weighted by Crippen LogP contribution is 2.24. The highest BCUT2D eigenvalue weighted by molar-refractivity contribution is 7.88. The molecule has 0 atom stereocenters. The summed E-state index contributed by atoms with van der Waals surface area (Å²) in [5, 5.41) is 0.463. The fourth-order valence-electron chi connectivity index (χ4n) is 1.03. The largest absolute Gasteiger partial charge is 0.495 e. The van der Waals surface area contributed by atoms with Gasteiger partial charge in [-0.2, -0.15) is 0 Å². The van der Waals surface area contributed by atoms with Gasteiger partial charge in [-0.1, -0.05) is 17.7 Å². The standard InChI is InChI=1S/C9H12ClNO3S/c1-14-9-4-3-7(5-8(9)10)6-11-15(2,12)13/h3-5,11H,6H2,1-2H3. The van der Waals surface area contributed by atoms with Gasteiger partial charge in [0.25, 0.3) is 0 Å². The van der Waals surface area contributed by atoms with E-state index >= 15 is 0 Å². The molecule has 0 bridgehead atoms. The minimum Gasteiger partial charge on any atom is -0.495 e. The van der Waals surface area contributed by atoms with Gasteiger partial charge in [-0.3, -0.25) is 0 Å². The van der Waals surface area contributed by atoms with Crippen LogP contribution in [0.15, 0.2) is 18.2 Å². The summed E-state index contributed by atoms with van der Waals surface area (Å²) in [6, 6.07) is 5.11. The molecule has 4 nitrogen and oxygen atoms in total. The molecule has 84 valence electrons. The lowest BCUT2D eigenvalue weighted by atomic mass is 10.2. The smallest absolute Gasteiger partial charge is 0.209 e. The van der Waals surface area contributed by atoms with Gasteiger partial charge in [-0.15, -0.1) is 0 Å². The Morgan fingerprint density at radius 3 is 2.60 bits per heavy atom. The average molecular weight is 250 g/mol. The molecule has 0 spiro atoms. The average Bonchev–Trinajstić information content (AvgIpc) is 2.14. The molecule has 0 saturated carbocycles. The molecular formula is C9H12ClNO3S. The van der Waals surface area contributed by atoms with Gasteiger partial charge in [-0.05, 0) is 17.7 Å². The highest BCUT2D eigenvalue weighted by Gasteiger charge is 2.04. The summed E-state index contributed by atoms with van der Waals surface area (Å²) in [5.74, 6) is 0.569. The summed E-state index contributed by atoms with van der Waals surface area (Å²) in [5.41, 5.74) is 0.784. The lowest BCUT2D eigenvalue weighted by Crippen LogP contribution is -2.21. The first kappa shape index (κ1) is 12.3. The number of hydrogen-bond acceptors (Lipinski definition) is 3. The van der Waals surface area contributed by atoms with Crippen LogP contribution in [-0.4, -0.2) is 21.8 Å². The van der Waals surface area contributed by atoms with Crippen LogP contribution < -0.4 is 9.46 Å². The third-order valence-corrected chi connectivity index (χ3v) is 2.72. The third-order valence-electron chi connectivity index (χ3n) is 1.75. The van der Waals surface area contributed by atoms with E-state index in [9.17, 15) is 8.42 Å². The third kappa shape index (κ3) is 4.07. The number of halogens is 1. The van der Waals surface area contributed by atoms with Crippen LogP contribution in [0.25, 0.3) is 0 Å². The van der Waals surface area contributed by atoms with Gasteiger partial charge in [0, 0.05) is 6.54 Å². The van der Waals surface area contributed by atoms with Crippen LogP contribution in [0.3, 0.4) is 0 Å². The minimum absolute atomic E-state index is 0.225. The summed E-state index contributed by atoms with van der Waals surface area (Å²) in [4.78, 5) is 0. The van der Waals surface area contributed by atoms with Crippen LogP contribution in [-0.2, 0) is 16.6 Å². The van der Waals surface area contributed by atoms with Crippen molar-refractivity contribution in [1.82, 2.24) is 4.72 Å². The van der Waals surface area contributed by atoms with E-state index in [2.05, 4.69) is 4.72 Å². The molecule has 0 fully saturated rings. The Morgan fingerprint density at radius 1 is 1.47 bits per heavy atom. The Balaban J connectivity index is 2.76. The number of sulfonamides is 1. The van der Waals surface area contributed by atoms with Crippen molar-refractivity contribution >= 4 is 21.6 Å². The molecule has 1 rings (SSSR count). The van der Waals surface area contributed by atoms with E-state index in [1.165, 1.54) is 7.11 Å². The van der Waals surface area contributed by atoms with Crippen LogP contribution in [0.2, 0.25) is 5.02 Å². The quantitative estimate of drug-likeness (QED) is 0.878. The van der Waals surface area contributed by atoms with Crippen LogP contribution >= 0.6 is 11.6 Å². The Bertz CT molecular complexity index is 445. The molecule has 1 aromatic rings. The van der Waals surface area contributed by atoms with E-state index in [-0.39, 0.29) is 6.54 Å². The number of methoxy groups -OCH3 is 1. The van der Waals surface area contributed by atoms with Crippen molar-refractivity contribution in [3.05, 3.63) is 28.8 Å². The SMILES string of the molecule is COc1ccc(CNS(C)(=O)=O)cc1Cl. The maximum atomic E-state index is 10.8. The van der Waals surface area contributed by atoms with Crippen molar-refractivity contribution in [1.29, 1.82) is 0 Å². The van der Waals surface area contributed by atoms with E-state index in [0.29, 0.717) is 10.8 Å². The molecule has 0 aliphatic carbocycles. The van der Waals surface area contributed by atoms with E-state index in [4.69, 9.17) is 16.3 Å². The Morgan fingerprint density at radius 2 is 2.13 bits per heavy atom. The summed E-state index contributed by atoms with van der Waals surface area (Å²) in [7, 11) is -1.65. The molecule has 1 N–H and O–H groups in total. The Hall–Kier alpha value is -0.780. The molecule has 6 heteroatoms. The monoisotopic (exact) mass is 249 g/mol. The maximum Gasteiger partial charge on any atom is 0.209 e. The lowest BCUT2D eigenvalue weighted by Gasteiger charge is -2.06. The molecule has 15 heavy (non-hydrogen) atoms. The number of ether oxygens (including phenoxy) is 1. The topological polar surface area (TPSA) is 55.4 Å². The normalized spacial score (nSPS) is 11.4. The van der Waals surface area contributed by atoms with Crippen LogP contribution in [0.1, 0.15) is 5.56 Å². The van der Waals surface area contributed by atoms with Crippen molar-refractivity contribution in [2.75, 3.05) is 13.4 Å². The maximum absolute atomic E-state index is 10.8. The van der Waals surface area contributed by atoms with E-state index < -0.39 is 10.0 Å². The second kappa shape index (κ2) is 4.83. The van der Waals surface area contributed by atoms with Crippen molar-refractivity contribution in [3.63, 3.8) is 0 Å². The molecule has 0 aromatic heterocycles. The number of hydrogen-bond donors (Lipinski definition) is 1. The fraction of sp³-hybridized carbons (Fsp3) is 0.333. The zero-order chi connectivity index (χ0) is 11.5. The second-order valence-corrected chi connectivity index (χ2v) is 5.30. The summed E-state index contributed by atoms with van der Waals surface area (Å²) in [6.07, 6.45) is 1.11. The van der Waals surface area contributed by atoms with Gasteiger partial charge >= 0.3 is 0 Å². The highest BCUT2D eigenvalue weighted by atomic mass is 35.5.